The number of nitrogens with one attached hydrogen (secondary N) is 3. The van der Waals surface area contributed by atoms with Crippen LogP contribution in [0.4, 0.5) is 0 Å². The van der Waals surface area contributed by atoms with E-state index in [1.807, 2.05) is 30.3 Å². The highest BCUT2D eigenvalue weighted by Gasteiger charge is 2.44. The first-order valence-corrected chi connectivity index (χ1v) is 27.6. The molecule has 12 N–H and O–H groups in total. The average molecular weight is 1150 g/mol. The van der Waals surface area contributed by atoms with E-state index in [9.17, 15) is 52.5 Å². The van der Waals surface area contributed by atoms with Crippen molar-refractivity contribution in [2.45, 2.75) is 93.5 Å². The second kappa shape index (κ2) is 29.5. The van der Waals surface area contributed by atoms with Gasteiger partial charge in [-0.3, -0.25) is 19.7 Å². The van der Waals surface area contributed by atoms with Crippen LogP contribution in [0.25, 0.3) is 0 Å². The summed E-state index contributed by atoms with van der Waals surface area (Å²) in [6, 6.07) is 24.5. The number of dihydropyridines is 1. The molecule has 0 radical (unpaired) electrons. The molecule has 0 aromatic heterocycles. The van der Waals surface area contributed by atoms with Gasteiger partial charge < -0.3 is 56.5 Å². The molecule has 7 rings (SSSR count). The predicted octanol–water partition coefficient (Wildman–Crippen LogP) is 4.43. The lowest BCUT2D eigenvalue weighted by molar-refractivity contribution is -0.149. The molecule has 2 unspecified atom stereocenters. The first kappa shape index (κ1) is 63.1. The van der Waals surface area contributed by atoms with Gasteiger partial charge in [-0.25, -0.2) is 27.9 Å². The molecule has 0 spiro atoms. The van der Waals surface area contributed by atoms with E-state index in [2.05, 4.69) is 16.0 Å². The minimum Gasteiger partial charge on any atom is -0.480 e. The number of carboxylic acid groups (broad SMARTS) is 2. The van der Waals surface area contributed by atoms with E-state index in [-0.39, 0.29) is 40.2 Å². The van der Waals surface area contributed by atoms with Crippen molar-refractivity contribution in [3.63, 3.8) is 0 Å². The summed E-state index contributed by atoms with van der Waals surface area (Å²) in [5.41, 5.74) is 13.2. The van der Waals surface area contributed by atoms with E-state index in [0.717, 1.165) is 18.1 Å². The van der Waals surface area contributed by atoms with Gasteiger partial charge in [-0.15, -0.1) is 0 Å². The average Bonchev–Trinajstić information content (AvgIpc) is 4.07. The van der Waals surface area contributed by atoms with Gasteiger partial charge in [0, 0.05) is 40.5 Å². The molecule has 24 heteroatoms. The maximum atomic E-state index is 13.1. The molecule has 0 bridgehead atoms. The second-order valence-corrected chi connectivity index (χ2v) is 20.8. The predicted molar refractivity (Wildman–Crippen MR) is 294 cm³/mol. The Morgan fingerprint density at radius 2 is 1.56 bits per heavy atom. The number of halogens is 2. The van der Waals surface area contributed by atoms with Crippen LogP contribution in [0, 0.1) is 0 Å². The first-order chi connectivity index (χ1) is 37.6. The molecule has 3 heterocycles. The molecular weight excluding hydrogens is 1090 g/mol. The van der Waals surface area contributed by atoms with Gasteiger partial charge in [-0.1, -0.05) is 102 Å². The van der Waals surface area contributed by atoms with Crippen LogP contribution in [0.2, 0.25) is 10.0 Å². The Hall–Kier alpha value is -6.73. The fourth-order valence-corrected chi connectivity index (χ4v) is 10.6. The number of aryl methyl sites for hydroxylation is 1. The molecule has 0 saturated carbocycles. The fourth-order valence-electron chi connectivity index (χ4n) is 9.32. The molecule has 426 valence electrons. The van der Waals surface area contributed by atoms with Gasteiger partial charge in [0.1, 0.15) is 17.0 Å². The number of sulfonamides is 1. The number of ether oxygens (including phenoxy) is 3. The SMILES string of the molecule is CCOC(=O)C1=C(COCCN)NC(C)=C(C(=O)OC)C1c1ccccc1Cl.NCCCC[C@H](N[C@@H](CCc1ccccc1)C(=O)O)C(=O)N1CCC[C@H]1C(=O)O.NS(=O)(=O)c1cc(C2(O)NC(=O)c3ccccc32)ccc1Cl. The Kier molecular flexibility index (Phi) is 23.5. The van der Waals surface area contributed by atoms with E-state index in [1.54, 1.807) is 62.4 Å². The number of likely N-dealkylation sites (tertiary alicyclic amines) is 1. The van der Waals surface area contributed by atoms with E-state index in [0.29, 0.717) is 103 Å². The highest BCUT2D eigenvalue weighted by atomic mass is 35.5. The van der Waals surface area contributed by atoms with Gasteiger partial charge in [0.15, 0.2) is 5.72 Å². The van der Waals surface area contributed by atoms with Crippen molar-refractivity contribution in [3.8, 4) is 0 Å². The van der Waals surface area contributed by atoms with Crippen molar-refractivity contribution in [1.29, 1.82) is 0 Å². The number of allylic oxidation sites excluding steroid dienone is 1. The highest BCUT2D eigenvalue weighted by Crippen LogP contribution is 2.42. The molecule has 3 aliphatic rings. The standard InChI is InChI=1S/C21H31N3O5.C20H25ClN2O5.C14H11ClN2O4S/c22-13-5-4-9-16(19(25)24-14-6-10-18(24)21(28)29)23-17(20(26)27)12-11-15-7-2-1-3-8-15;1-4-28-20(25)18-15(11-27-10-9-22)23-12(2)16(19(24)26-3)17(18)13-7-5-6-8-14(13)21;15-11-6-5-8(7-12(11)22(16,20)21)14(19)10-4-2-1-3-9(10)13(18)17-14/h1-3,7-8,16-18,23H,4-6,9-14,22H2,(H,26,27)(H,28,29);5-8,17,23H,4,9-11,22H2,1-3H3;1-7,19H,(H,17,18)(H2,16,20,21)/t16-,17-,18-;;/m0../s1. The number of aliphatic hydroxyl groups is 1. The Balaban J connectivity index is 0.000000220. The number of rotatable bonds is 22. The molecule has 3 aliphatic heterocycles. The van der Waals surface area contributed by atoms with Crippen molar-refractivity contribution in [2.75, 3.05) is 46.6 Å². The van der Waals surface area contributed by atoms with Crippen LogP contribution in [0.5, 0.6) is 0 Å². The molecule has 5 atom stereocenters. The van der Waals surface area contributed by atoms with Gasteiger partial charge in [-0.2, -0.15) is 0 Å². The quantitative estimate of drug-likeness (QED) is 0.0388. The number of amides is 2. The molecule has 79 heavy (non-hydrogen) atoms. The fraction of sp³-hybridized carbons (Fsp3) is 0.382. The van der Waals surface area contributed by atoms with Crippen molar-refractivity contribution < 1.29 is 66.7 Å². The second-order valence-electron chi connectivity index (χ2n) is 18.4. The third kappa shape index (κ3) is 16.2. The Morgan fingerprint density at radius 3 is 2.19 bits per heavy atom. The van der Waals surface area contributed by atoms with E-state index >= 15 is 0 Å². The summed E-state index contributed by atoms with van der Waals surface area (Å²) in [5, 5.41) is 43.9. The zero-order valence-corrected chi connectivity index (χ0v) is 46.2. The minimum atomic E-state index is -4.06. The van der Waals surface area contributed by atoms with Crippen LogP contribution in [-0.4, -0.2) is 129 Å². The normalized spacial score (nSPS) is 18.4. The third-order valence-corrected chi connectivity index (χ3v) is 14.8. The molecular formula is C55H67Cl2N7O14S. The Morgan fingerprint density at radius 1 is 0.873 bits per heavy atom. The smallest absolute Gasteiger partial charge is 0.336 e. The molecule has 4 aromatic carbocycles. The van der Waals surface area contributed by atoms with Crippen molar-refractivity contribution in [2.24, 2.45) is 16.6 Å². The number of aliphatic carboxylic acids is 2. The van der Waals surface area contributed by atoms with E-state index in [1.165, 1.54) is 24.1 Å². The zero-order chi connectivity index (χ0) is 58.0. The molecule has 2 amide bonds. The number of nitrogens with two attached hydrogens (primary N) is 3. The number of fused-ring (bicyclic) bond motifs is 1. The molecule has 1 saturated heterocycles. The lowest BCUT2D eigenvalue weighted by Gasteiger charge is -2.31. The van der Waals surface area contributed by atoms with Gasteiger partial charge in [0.25, 0.3) is 5.91 Å². The lowest BCUT2D eigenvalue weighted by atomic mass is 9.80. The number of primary sulfonamides is 1. The molecule has 21 nitrogen and oxygen atoms in total. The van der Waals surface area contributed by atoms with Crippen LogP contribution in [0.15, 0.2) is 124 Å². The van der Waals surface area contributed by atoms with Crippen molar-refractivity contribution in [1.82, 2.24) is 20.9 Å². The number of methoxy groups -OCH3 is 1. The maximum absolute atomic E-state index is 13.1. The van der Waals surface area contributed by atoms with Crippen LogP contribution in [0.3, 0.4) is 0 Å². The van der Waals surface area contributed by atoms with E-state index < -0.39 is 69.6 Å². The van der Waals surface area contributed by atoms with Crippen molar-refractivity contribution in [3.05, 3.63) is 157 Å². The summed E-state index contributed by atoms with van der Waals surface area (Å²) >= 11 is 12.3. The van der Waals surface area contributed by atoms with Gasteiger partial charge in [0.05, 0.1) is 60.8 Å². The summed E-state index contributed by atoms with van der Waals surface area (Å²) in [6.45, 7) is 5.28. The molecule has 0 aliphatic carbocycles. The van der Waals surface area contributed by atoms with Gasteiger partial charge in [0.2, 0.25) is 15.9 Å². The van der Waals surface area contributed by atoms with E-state index in [4.69, 9.17) is 54.0 Å². The minimum absolute atomic E-state index is 0.0625. The summed E-state index contributed by atoms with van der Waals surface area (Å²) in [4.78, 5) is 74.8. The summed E-state index contributed by atoms with van der Waals surface area (Å²) < 4.78 is 38.9. The number of esters is 2. The van der Waals surface area contributed by atoms with Crippen LogP contribution < -0.4 is 32.6 Å². The topological polar surface area (TPSA) is 342 Å². The first-order valence-electron chi connectivity index (χ1n) is 25.3. The van der Waals surface area contributed by atoms with Gasteiger partial charge >= 0.3 is 23.9 Å². The molecule has 4 aromatic rings. The number of benzene rings is 4. The number of hydrogen-bond donors (Lipinski definition) is 9. The zero-order valence-electron chi connectivity index (χ0n) is 43.9. The number of carbonyl (C=O) groups is 6. The van der Waals surface area contributed by atoms with Gasteiger partial charge in [-0.05, 0) is 94.3 Å². The van der Waals surface area contributed by atoms with Crippen LogP contribution in [-0.2, 0) is 60.4 Å². The summed E-state index contributed by atoms with van der Waals surface area (Å²) in [6.07, 6.45) is 3.76. The Bertz CT molecular complexity index is 3020. The lowest BCUT2D eigenvalue weighted by Crippen LogP contribution is -2.54. The monoisotopic (exact) mass is 1150 g/mol. The number of carboxylic acids is 2. The number of unbranched alkanes of at least 4 members (excludes halogenated alkanes) is 1. The summed E-state index contributed by atoms with van der Waals surface area (Å²) in [7, 11) is -2.77. The van der Waals surface area contributed by atoms with Crippen molar-refractivity contribution >= 4 is 68.9 Å². The van der Waals surface area contributed by atoms with Crippen LogP contribution in [0.1, 0.15) is 90.9 Å². The third-order valence-electron chi connectivity index (χ3n) is 13.1. The number of nitrogens with zero attached hydrogens (tertiary/aromatic N) is 1. The molecule has 1 fully saturated rings. The Labute approximate surface area is 468 Å². The van der Waals surface area contributed by atoms with Crippen LogP contribution >= 0.6 is 23.2 Å². The summed E-state index contributed by atoms with van der Waals surface area (Å²) in [5.74, 6) is -4.69. The number of carbonyl (C=O) groups excluding carboxylic acids is 4. The largest absolute Gasteiger partial charge is 0.480 e. The number of hydrogen-bond acceptors (Lipinski definition) is 16. The maximum Gasteiger partial charge on any atom is 0.336 e. The highest BCUT2D eigenvalue weighted by molar-refractivity contribution is 7.89.